The van der Waals surface area contributed by atoms with Crippen molar-refractivity contribution >= 4 is 5.91 Å². The second-order valence-corrected chi connectivity index (χ2v) is 9.06. The normalized spacial score (nSPS) is 22.5. The number of aromatic nitrogens is 3. The molecule has 1 aliphatic rings. The predicted octanol–water partition coefficient (Wildman–Crippen LogP) is 2.80. The molecule has 2 atom stereocenters. The van der Waals surface area contributed by atoms with Crippen LogP contribution < -0.4 is 5.32 Å². The summed E-state index contributed by atoms with van der Waals surface area (Å²) in [6, 6.07) is 3.31. The van der Waals surface area contributed by atoms with Gasteiger partial charge in [0, 0.05) is 30.3 Å². The lowest BCUT2D eigenvalue weighted by atomic mass is 10.0. The Morgan fingerprint density at radius 2 is 1.97 bits per heavy atom. The van der Waals surface area contributed by atoms with Crippen molar-refractivity contribution in [3.05, 3.63) is 42.1 Å². The molecule has 1 aliphatic heterocycles. The molecule has 1 unspecified atom stereocenters. The van der Waals surface area contributed by atoms with E-state index in [0.29, 0.717) is 29.9 Å². The van der Waals surface area contributed by atoms with Gasteiger partial charge in [0.05, 0.1) is 29.6 Å². The third kappa shape index (κ3) is 5.56. The van der Waals surface area contributed by atoms with Crippen LogP contribution >= 0.6 is 0 Å². The van der Waals surface area contributed by atoms with Gasteiger partial charge in [-0.25, -0.2) is 9.97 Å². The second-order valence-electron chi connectivity index (χ2n) is 9.06. The Hall–Kier alpha value is -2.59. The fourth-order valence-corrected chi connectivity index (χ4v) is 3.67. The van der Waals surface area contributed by atoms with Crippen molar-refractivity contribution in [1.82, 2.24) is 25.2 Å². The standard InChI is InChI=1S/C21H26F3N5O2/c1-19(2,3)29-11-20(4,31)8-16(29)18(30)26-10-14-7-15(28-12-27-14)13-5-6-17(25-9-13)21(22,23)24/h5-7,9,12,16,31H,8,10-11H2,1-4H3,(H,26,30)/t16-,20?/m0/s1. The van der Waals surface area contributed by atoms with Crippen LogP contribution in [0.2, 0.25) is 0 Å². The molecule has 31 heavy (non-hydrogen) atoms. The Bertz CT molecular complexity index is 939. The van der Waals surface area contributed by atoms with Gasteiger partial charge in [0.2, 0.25) is 5.91 Å². The molecule has 0 aliphatic carbocycles. The number of likely N-dealkylation sites (tertiary alicyclic amines) is 1. The topological polar surface area (TPSA) is 91.2 Å². The average molecular weight is 437 g/mol. The number of hydrogen-bond donors (Lipinski definition) is 2. The molecule has 1 saturated heterocycles. The Balaban J connectivity index is 1.69. The van der Waals surface area contributed by atoms with Gasteiger partial charge in [0.15, 0.2) is 0 Å². The molecule has 1 fully saturated rings. The predicted molar refractivity (Wildman–Crippen MR) is 108 cm³/mol. The van der Waals surface area contributed by atoms with Crippen LogP contribution in [-0.2, 0) is 17.5 Å². The maximum atomic E-state index is 12.8. The number of halogens is 3. The van der Waals surface area contributed by atoms with Crippen molar-refractivity contribution in [2.24, 2.45) is 0 Å². The Morgan fingerprint density at radius 3 is 2.55 bits per heavy atom. The Labute approximate surface area is 178 Å². The zero-order valence-corrected chi connectivity index (χ0v) is 17.9. The van der Waals surface area contributed by atoms with Crippen LogP contribution in [0.3, 0.4) is 0 Å². The van der Waals surface area contributed by atoms with E-state index in [9.17, 15) is 23.1 Å². The molecule has 3 heterocycles. The van der Waals surface area contributed by atoms with Crippen molar-refractivity contribution < 1.29 is 23.1 Å². The molecule has 10 heteroatoms. The summed E-state index contributed by atoms with van der Waals surface area (Å²) in [5, 5.41) is 13.3. The first-order valence-corrected chi connectivity index (χ1v) is 9.88. The molecular weight excluding hydrogens is 411 g/mol. The minimum absolute atomic E-state index is 0.124. The molecule has 3 rings (SSSR count). The molecule has 2 N–H and O–H groups in total. The molecule has 2 aromatic rings. The van der Waals surface area contributed by atoms with Gasteiger partial charge in [-0.3, -0.25) is 14.7 Å². The summed E-state index contributed by atoms with van der Waals surface area (Å²) in [7, 11) is 0. The monoisotopic (exact) mass is 437 g/mol. The third-order valence-corrected chi connectivity index (χ3v) is 5.20. The Morgan fingerprint density at radius 1 is 1.26 bits per heavy atom. The number of hydrogen-bond acceptors (Lipinski definition) is 6. The second kappa shape index (κ2) is 8.16. The van der Waals surface area contributed by atoms with Crippen LogP contribution in [-0.4, -0.2) is 54.6 Å². The summed E-state index contributed by atoms with van der Waals surface area (Å²) in [4.78, 5) is 26.5. The molecule has 0 spiro atoms. The summed E-state index contributed by atoms with van der Waals surface area (Å²) in [5.74, 6) is -0.218. The zero-order valence-electron chi connectivity index (χ0n) is 17.9. The van der Waals surface area contributed by atoms with Crippen molar-refractivity contribution in [3.8, 4) is 11.3 Å². The highest BCUT2D eigenvalue weighted by molar-refractivity contribution is 5.82. The summed E-state index contributed by atoms with van der Waals surface area (Å²) < 4.78 is 38.1. The highest BCUT2D eigenvalue weighted by atomic mass is 19.4. The van der Waals surface area contributed by atoms with E-state index in [1.165, 1.54) is 12.4 Å². The number of nitrogens with zero attached hydrogens (tertiary/aromatic N) is 4. The van der Waals surface area contributed by atoms with E-state index in [-0.39, 0.29) is 18.0 Å². The smallest absolute Gasteiger partial charge is 0.389 e. The van der Waals surface area contributed by atoms with Gasteiger partial charge in [0.25, 0.3) is 0 Å². The number of pyridine rings is 1. The van der Waals surface area contributed by atoms with Crippen molar-refractivity contribution in [2.45, 2.75) is 64.0 Å². The maximum Gasteiger partial charge on any atom is 0.433 e. The summed E-state index contributed by atoms with van der Waals surface area (Å²) >= 11 is 0. The fourth-order valence-electron chi connectivity index (χ4n) is 3.67. The van der Waals surface area contributed by atoms with Gasteiger partial charge in [-0.05, 0) is 45.9 Å². The van der Waals surface area contributed by atoms with E-state index in [1.54, 1.807) is 13.0 Å². The average Bonchev–Trinajstić information content (AvgIpc) is 3.02. The number of carbonyl (C=O) groups is 1. The van der Waals surface area contributed by atoms with Gasteiger partial charge in [-0.15, -0.1) is 0 Å². The third-order valence-electron chi connectivity index (χ3n) is 5.20. The molecule has 7 nitrogen and oxygen atoms in total. The highest BCUT2D eigenvalue weighted by Gasteiger charge is 2.46. The lowest BCUT2D eigenvalue weighted by Gasteiger charge is -2.36. The van der Waals surface area contributed by atoms with Crippen LogP contribution in [0.1, 0.15) is 45.5 Å². The molecule has 2 aromatic heterocycles. The maximum absolute atomic E-state index is 12.8. The first-order chi connectivity index (χ1) is 14.3. The van der Waals surface area contributed by atoms with E-state index in [0.717, 1.165) is 12.3 Å². The summed E-state index contributed by atoms with van der Waals surface area (Å²) in [6.45, 7) is 8.20. The van der Waals surface area contributed by atoms with Crippen LogP contribution in [0.5, 0.6) is 0 Å². The van der Waals surface area contributed by atoms with Gasteiger partial charge in [0.1, 0.15) is 12.0 Å². The van der Waals surface area contributed by atoms with Gasteiger partial charge >= 0.3 is 6.18 Å². The Kier molecular flexibility index (Phi) is 6.07. The largest absolute Gasteiger partial charge is 0.433 e. The van der Waals surface area contributed by atoms with E-state index in [4.69, 9.17) is 0 Å². The lowest BCUT2D eigenvalue weighted by molar-refractivity contribution is -0.141. The minimum Gasteiger partial charge on any atom is -0.389 e. The highest BCUT2D eigenvalue weighted by Crippen LogP contribution is 2.33. The first-order valence-electron chi connectivity index (χ1n) is 9.88. The van der Waals surface area contributed by atoms with Gasteiger partial charge in [-0.2, -0.15) is 13.2 Å². The molecule has 0 aromatic carbocycles. The fraction of sp³-hybridized carbons (Fsp3) is 0.524. The van der Waals surface area contributed by atoms with Crippen LogP contribution in [0.15, 0.2) is 30.7 Å². The van der Waals surface area contributed by atoms with Crippen molar-refractivity contribution in [3.63, 3.8) is 0 Å². The number of nitrogens with one attached hydrogen (secondary N) is 1. The quantitative estimate of drug-likeness (QED) is 0.765. The molecule has 0 bridgehead atoms. The molecule has 0 radical (unpaired) electrons. The van der Waals surface area contributed by atoms with Crippen LogP contribution in [0, 0.1) is 0 Å². The van der Waals surface area contributed by atoms with Gasteiger partial charge < -0.3 is 10.4 Å². The first kappa shape index (κ1) is 23.1. The van der Waals surface area contributed by atoms with Crippen molar-refractivity contribution in [2.75, 3.05) is 6.54 Å². The summed E-state index contributed by atoms with van der Waals surface area (Å²) in [5.41, 5.74) is -0.902. The van der Waals surface area contributed by atoms with Crippen molar-refractivity contribution in [1.29, 1.82) is 0 Å². The SMILES string of the molecule is CC1(O)C[C@@H](C(=O)NCc2cc(-c3ccc(C(F)(F)F)nc3)ncn2)N(C(C)(C)C)C1. The number of amides is 1. The van der Waals surface area contributed by atoms with Gasteiger partial charge in [-0.1, -0.05) is 0 Å². The number of aliphatic hydroxyl groups is 1. The zero-order chi connectivity index (χ0) is 23.0. The lowest BCUT2D eigenvalue weighted by Crippen LogP contribution is -2.51. The number of alkyl halides is 3. The summed E-state index contributed by atoms with van der Waals surface area (Å²) in [6.07, 6.45) is -1.79. The molecule has 1 amide bonds. The minimum atomic E-state index is -4.51. The van der Waals surface area contributed by atoms with E-state index in [2.05, 4.69) is 20.3 Å². The molecular formula is C21H26F3N5O2. The number of rotatable bonds is 4. The number of β-amino-alcohol motifs (C(OH)–C–C–N with tert-alkyl or cyclic N) is 1. The molecule has 168 valence electrons. The van der Waals surface area contributed by atoms with Crippen LogP contribution in [0.4, 0.5) is 13.2 Å². The molecule has 0 saturated carbocycles. The van der Waals surface area contributed by atoms with E-state index in [1.807, 2.05) is 25.7 Å². The van der Waals surface area contributed by atoms with E-state index >= 15 is 0 Å². The van der Waals surface area contributed by atoms with E-state index < -0.39 is 23.5 Å². The number of carbonyl (C=O) groups excluding carboxylic acids is 1. The van der Waals surface area contributed by atoms with Crippen LogP contribution in [0.25, 0.3) is 11.3 Å².